The van der Waals surface area contributed by atoms with Gasteiger partial charge in [-0.1, -0.05) is 23.7 Å². The first-order chi connectivity index (χ1) is 8.74. The molecule has 0 amide bonds. The molecule has 1 aliphatic carbocycles. The van der Waals surface area contributed by atoms with E-state index in [0.717, 1.165) is 36.4 Å². The molecular weight excluding hydrogens is 246 g/mol. The van der Waals surface area contributed by atoms with Crippen LogP contribution >= 0.6 is 11.6 Å². The largest absolute Gasteiger partial charge is 0.388 e. The number of benzene rings is 1. The zero-order valence-corrected chi connectivity index (χ0v) is 10.9. The molecule has 2 nitrogen and oxygen atoms in total. The van der Waals surface area contributed by atoms with Gasteiger partial charge in [0.25, 0.3) is 0 Å². The number of halogens is 1. The van der Waals surface area contributed by atoms with Crippen LogP contribution in [-0.4, -0.2) is 9.67 Å². The van der Waals surface area contributed by atoms with Crippen LogP contribution in [0.5, 0.6) is 0 Å². The molecule has 1 N–H and O–H groups in total. The summed E-state index contributed by atoms with van der Waals surface area (Å²) in [5, 5.41) is 10.7. The van der Waals surface area contributed by atoms with Gasteiger partial charge in [-0.3, -0.25) is 0 Å². The molecule has 0 radical (unpaired) electrons. The highest BCUT2D eigenvalue weighted by Gasteiger charge is 2.20. The van der Waals surface area contributed by atoms with Crippen molar-refractivity contribution in [1.29, 1.82) is 0 Å². The van der Waals surface area contributed by atoms with Gasteiger partial charge in [0, 0.05) is 29.0 Å². The predicted octanol–water partition coefficient (Wildman–Crippen LogP) is 3.56. The molecule has 18 heavy (non-hydrogen) atoms. The van der Waals surface area contributed by atoms with Gasteiger partial charge in [0.2, 0.25) is 0 Å². The Kier molecular flexibility index (Phi) is 3.14. The monoisotopic (exact) mass is 261 g/mol. The number of nitrogens with zero attached hydrogens (tertiary/aromatic N) is 1. The molecule has 0 aliphatic heterocycles. The van der Waals surface area contributed by atoms with E-state index in [1.165, 1.54) is 11.3 Å². The van der Waals surface area contributed by atoms with Gasteiger partial charge in [-0.2, -0.15) is 0 Å². The van der Waals surface area contributed by atoms with E-state index in [1.807, 2.05) is 24.3 Å². The third-order valence-corrected chi connectivity index (χ3v) is 3.84. The second-order valence-corrected chi connectivity index (χ2v) is 5.32. The molecule has 1 unspecified atom stereocenters. The van der Waals surface area contributed by atoms with E-state index in [1.54, 1.807) is 0 Å². The SMILES string of the molecule is OC1CCCc2c1ccn2Cc1cccc(Cl)c1. The topological polar surface area (TPSA) is 25.2 Å². The van der Waals surface area contributed by atoms with Crippen LogP contribution in [0.25, 0.3) is 0 Å². The van der Waals surface area contributed by atoms with E-state index < -0.39 is 0 Å². The molecule has 0 fully saturated rings. The van der Waals surface area contributed by atoms with E-state index in [4.69, 9.17) is 11.6 Å². The zero-order valence-electron chi connectivity index (χ0n) is 10.1. The summed E-state index contributed by atoms with van der Waals surface area (Å²) < 4.78 is 2.23. The van der Waals surface area contributed by atoms with Crippen LogP contribution in [0, 0.1) is 0 Å². The van der Waals surface area contributed by atoms with Gasteiger partial charge in [-0.15, -0.1) is 0 Å². The molecular formula is C15H16ClNO. The number of rotatable bonds is 2. The van der Waals surface area contributed by atoms with Crippen LogP contribution in [0.1, 0.15) is 35.8 Å². The summed E-state index contributed by atoms with van der Waals surface area (Å²) in [5.74, 6) is 0. The van der Waals surface area contributed by atoms with E-state index in [-0.39, 0.29) is 6.10 Å². The summed E-state index contributed by atoms with van der Waals surface area (Å²) in [4.78, 5) is 0. The van der Waals surface area contributed by atoms with Gasteiger partial charge < -0.3 is 9.67 Å². The third kappa shape index (κ3) is 2.18. The lowest BCUT2D eigenvalue weighted by Crippen LogP contribution is -2.12. The molecule has 0 bridgehead atoms. The quantitative estimate of drug-likeness (QED) is 0.879. The van der Waals surface area contributed by atoms with Gasteiger partial charge in [0.15, 0.2) is 0 Å². The van der Waals surface area contributed by atoms with Crippen LogP contribution in [-0.2, 0) is 13.0 Å². The number of aliphatic hydroxyl groups is 1. The second-order valence-electron chi connectivity index (χ2n) is 4.88. The van der Waals surface area contributed by atoms with Gasteiger partial charge in [0.05, 0.1) is 6.10 Å². The highest BCUT2D eigenvalue weighted by Crippen LogP contribution is 2.30. The fourth-order valence-corrected chi connectivity index (χ4v) is 2.92. The van der Waals surface area contributed by atoms with Crippen LogP contribution in [0.4, 0.5) is 0 Å². The van der Waals surface area contributed by atoms with Crippen molar-refractivity contribution in [2.45, 2.75) is 31.9 Å². The molecule has 0 spiro atoms. The van der Waals surface area contributed by atoms with Crippen molar-refractivity contribution >= 4 is 11.6 Å². The minimum Gasteiger partial charge on any atom is -0.388 e. The highest BCUT2D eigenvalue weighted by atomic mass is 35.5. The Morgan fingerprint density at radius 3 is 3.06 bits per heavy atom. The van der Waals surface area contributed by atoms with Crippen molar-refractivity contribution in [3.05, 3.63) is 58.4 Å². The number of aromatic nitrogens is 1. The summed E-state index contributed by atoms with van der Waals surface area (Å²) >= 11 is 6.00. The fraction of sp³-hybridized carbons (Fsp3) is 0.333. The lowest BCUT2D eigenvalue weighted by molar-refractivity contribution is 0.156. The number of fused-ring (bicyclic) bond motifs is 1. The molecule has 2 aromatic rings. The number of aliphatic hydroxyl groups excluding tert-OH is 1. The van der Waals surface area contributed by atoms with E-state index >= 15 is 0 Å². The smallest absolute Gasteiger partial charge is 0.0807 e. The molecule has 0 saturated heterocycles. The summed E-state index contributed by atoms with van der Waals surface area (Å²) in [6.45, 7) is 0.822. The molecule has 1 atom stereocenters. The van der Waals surface area contributed by atoms with Crippen molar-refractivity contribution in [3.8, 4) is 0 Å². The molecule has 1 aliphatic rings. The summed E-state index contributed by atoms with van der Waals surface area (Å²) in [5.41, 5.74) is 3.57. The molecule has 1 aromatic heterocycles. The van der Waals surface area contributed by atoms with Crippen LogP contribution < -0.4 is 0 Å². The van der Waals surface area contributed by atoms with E-state index in [9.17, 15) is 5.11 Å². The maximum atomic E-state index is 9.95. The average Bonchev–Trinajstić information content (AvgIpc) is 2.74. The van der Waals surface area contributed by atoms with Gasteiger partial charge in [-0.05, 0) is 43.0 Å². The average molecular weight is 262 g/mol. The summed E-state index contributed by atoms with van der Waals surface area (Å²) in [6.07, 6.45) is 4.79. The van der Waals surface area contributed by atoms with Crippen LogP contribution in [0.3, 0.4) is 0 Å². The predicted molar refractivity (Wildman–Crippen MR) is 72.9 cm³/mol. The second kappa shape index (κ2) is 4.79. The first-order valence-corrected chi connectivity index (χ1v) is 6.72. The van der Waals surface area contributed by atoms with Gasteiger partial charge >= 0.3 is 0 Å². The summed E-state index contributed by atoms with van der Waals surface area (Å²) in [7, 11) is 0. The van der Waals surface area contributed by atoms with E-state index in [0.29, 0.717) is 0 Å². The van der Waals surface area contributed by atoms with Crippen molar-refractivity contribution < 1.29 is 5.11 Å². The van der Waals surface area contributed by atoms with Crippen molar-refractivity contribution in [2.24, 2.45) is 0 Å². The lowest BCUT2D eigenvalue weighted by atomic mass is 9.95. The third-order valence-electron chi connectivity index (χ3n) is 3.61. The Hall–Kier alpha value is -1.25. The Balaban J connectivity index is 1.90. The van der Waals surface area contributed by atoms with Gasteiger partial charge in [0.1, 0.15) is 0 Å². The fourth-order valence-electron chi connectivity index (χ4n) is 2.71. The zero-order chi connectivity index (χ0) is 12.5. The Bertz CT molecular complexity index is 561. The van der Waals surface area contributed by atoms with Crippen molar-refractivity contribution in [1.82, 2.24) is 4.57 Å². The van der Waals surface area contributed by atoms with E-state index in [2.05, 4.69) is 16.8 Å². The first-order valence-electron chi connectivity index (χ1n) is 6.34. The van der Waals surface area contributed by atoms with Crippen molar-refractivity contribution in [2.75, 3.05) is 0 Å². The maximum Gasteiger partial charge on any atom is 0.0807 e. The summed E-state index contributed by atoms with van der Waals surface area (Å²) in [6, 6.07) is 9.98. The standard InChI is InChI=1S/C15H16ClNO/c16-12-4-1-3-11(9-12)10-17-8-7-13-14(17)5-2-6-15(13)18/h1,3-4,7-9,15,18H,2,5-6,10H2. The molecule has 3 heteroatoms. The molecule has 0 saturated carbocycles. The molecule has 1 aromatic carbocycles. The van der Waals surface area contributed by atoms with Crippen LogP contribution in [0.2, 0.25) is 5.02 Å². The minimum atomic E-state index is -0.283. The first kappa shape index (κ1) is 11.8. The van der Waals surface area contributed by atoms with Crippen molar-refractivity contribution in [3.63, 3.8) is 0 Å². The number of hydrogen-bond acceptors (Lipinski definition) is 1. The number of hydrogen-bond donors (Lipinski definition) is 1. The Labute approximate surface area is 112 Å². The molecule has 94 valence electrons. The maximum absolute atomic E-state index is 9.95. The highest BCUT2D eigenvalue weighted by molar-refractivity contribution is 6.30. The normalized spacial score (nSPS) is 18.7. The lowest BCUT2D eigenvalue weighted by Gasteiger charge is -2.20. The molecule has 3 rings (SSSR count). The Morgan fingerprint density at radius 2 is 2.22 bits per heavy atom. The Morgan fingerprint density at radius 1 is 1.33 bits per heavy atom. The van der Waals surface area contributed by atoms with Crippen LogP contribution in [0.15, 0.2) is 36.5 Å². The molecule has 1 heterocycles. The van der Waals surface area contributed by atoms with Gasteiger partial charge in [-0.25, -0.2) is 0 Å². The minimum absolute atomic E-state index is 0.283.